The van der Waals surface area contributed by atoms with E-state index in [0.717, 1.165) is 30.4 Å². The van der Waals surface area contributed by atoms with E-state index in [9.17, 15) is 24.2 Å². The van der Waals surface area contributed by atoms with Crippen LogP contribution in [0.4, 0.5) is 4.39 Å². The minimum Gasteiger partial charge on any atom is -0.478 e. The predicted octanol–water partition coefficient (Wildman–Crippen LogP) is 4.58. The van der Waals surface area contributed by atoms with Crippen LogP contribution in [-0.2, 0) is 0 Å². The van der Waals surface area contributed by atoms with Gasteiger partial charge in [0.1, 0.15) is 5.82 Å². The lowest BCUT2D eigenvalue weighted by molar-refractivity contribution is 0.0690. The molecule has 2 aromatic carbocycles. The normalized spacial score (nSPS) is 16.1. The van der Waals surface area contributed by atoms with E-state index in [4.69, 9.17) is 11.6 Å². The summed E-state index contributed by atoms with van der Waals surface area (Å²) in [7, 11) is 0. The van der Waals surface area contributed by atoms with Crippen LogP contribution >= 0.6 is 23.4 Å². The molecule has 1 unspecified atom stereocenters. The minimum atomic E-state index is -1.42. The molecule has 142 valence electrons. The lowest BCUT2D eigenvalue weighted by Crippen LogP contribution is -2.20. The largest absolute Gasteiger partial charge is 0.478 e. The molecule has 1 atom stereocenters. The third kappa shape index (κ3) is 4.34. The average molecular weight is 409 g/mol. The first-order valence-corrected chi connectivity index (χ1v) is 10.0. The molecule has 0 amide bonds. The van der Waals surface area contributed by atoms with Gasteiger partial charge in [-0.05, 0) is 72.2 Å². The summed E-state index contributed by atoms with van der Waals surface area (Å²) in [6.45, 7) is 0. The Morgan fingerprint density at radius 1 is 1.15 bits per heavy atom. The van der Waals surface area contributed by atoms with Crippen LogP contribution in [0.1, 0.15) is 50.8 Å². The van der Waals surface area contributed by atoms with Crippen molar-refractivity contribution in [2.75, 3.05) is 11.5 Å². The number of carboxylic acids is 1. The topological polar surface area (TPSA) is 74.6 Å². The molecule has 0 saturated carbocycles. The summed E-state index contributed by atoms with van der Waals surface area (Å²) in [6, 6.07) is 8.07. The number of aliphatic hydroxyl groups excluding tert-OH is 1. The van der Waals surface area contributed by atoms with Gasteiger partial charge in [0.15, 0.2) is 5.78 Å². The molecule has 2 N–H and O–H groups in total. The van der Waals surface area contributed by atoms with Gasteiger partial charge in [-0.2, -0.15) is 11.8 Å². The number of carbonyl (C=O) groups excluding carboxylic acids is 1. The molecule has 1 aliphatic heterocycles. The standard InChI is InChI=1S/C20H18ClFO4S/c21-14-3-1-11(2-4-14)19(24)17-15(20(25)26)9-13(10-16(17)22)18(23)12-5-7-27-8-6-12/h1-4,9-10,12,18,23H,5-8H2,(H,25,26). The highest BCUT2D eigenvalue weighted by Gasteiger charge is 2.28. The van der Waals surface area contributed by atoms with Gasteiger partial charge in [-0.3, -0.25) is 4.79 Å². The predicted molar refractivity (Wildman–Crippen MR) is 103 cm³/mol. The van der Waals surface area contributed by atoms with Crippen molar-refractivity contribution in [3.05, 3.63) is 69.5 Å². The SMILES string of the molecule is O=C(O)c1cc(C(O)C2CCSCC2)cc(F)c1C(=O)c1ccc(Cl)cc1. The summed E-state index contributed by atoms with van der Waals surface area (Å²) in [5, 5.41) is 20.5. The fraction of sp³-hybridized carbons (Fsp3) is 0.300. The highest BCUT2D eigenvalue weighted by molar-refractivity contribution is 7.99. The second-order valence-corrected chi connectivity index (χ2v) is 8.12. The minimum absolute atomic E-state index is 0.0508. The Labute approximate surface area is 165 Å². The second kappa shape index (κ2) is 8.42. The Bertz CT molecular complexity index is 863. The molecular formula is C20H18ClFO4S. The maximum Gasteiger partial charge on any atom is 0.336 e. The van der Waals surface area contributed by atoms with E-state index >= 15 is 0 Å². The zero-order valence-corrected chi connectivity index (χ0v) is 15.9. The molecule has 1 heterocycles. The van der Waals surface area contributed by atoms with E-state index in [1.54, 1.807) is 11.8 Å². The Hall–Kier alpha value is -1.89. The zero-order valence-electron chi connectivity index (χ0n) is 14.3. The quantitative estimate of drug-likeness (QED) is 0.708. The number of carbonyl (C=O) groups is 2. The molecule has 0 aromatic heterocycles. The van der Waals surface area contributed by atoms with Crippen molar-refractivity contribution in [3.63, 3.8) is 0 Å². The number of hydrogen-bond donors (Lipinski definition) is 2. The molecule has 1 aliphatic rings. The van der Waals surface area contributed by atoms with Gasteiger partial charge >= 0.3 is 5.97 Å². The van der Waals surface area contributed by atoms with Crippen LogP contribution in [0.3, 0.4) is 0 Å². The zero-order chi connectivity index (χ0) is 19.6. The summed E-state index contributed by atoms with van der Waals surface area (Å²) in [5.74, 6) is -1.35. The van der Waals surface area contributed by atoms with Gasteiger partial charge in [0.25, 0.3) is 0 Å². The maximum atomic E-state index is 14.8. The summed E-state index contributed by atoms with van der Waals surface area (Å²) >= 11 is 7.59. The van der Waals surface area contributed by atoms with Gasteiger partial charge in [0.2, 0.25) is 0 Å². The van der Waals surface area contributed by atoms with Crippen LogP contribution in [0.5, 0.6) is 0 Å². The lowest BCUT2D eigenvalue weighted by Gasteiger charge is -2.27. The fourth-order valence-electron chi connectivity index (χ4n) is 3.25. The van der Waals surface area contributed by atoms with Crippen molar-refractivity contribution >= 4 is 35.1 Å². The molecule has 4 nitrogen and oxygen atoms in total. The van der Waals surface area contributed by atoms with Crippen LogP contribution in [0.15, 0.2) is 36.4 Å². The number of ketones is 1. The Morgan fingerprint density at radius 3 is 2.37 bits per heavy atom. The number of benzene rings is 2. The summed E-state index contributed by atoms with van der Waals surface area (Å²) < 4.78 is 14.8. The van der Waals surface area contributed by atoms with Crippen LogP contribution in [0.25, 0.3) is 0 Å². The molecule has 1 fully saturated rings. The van der Waals surface area contributed by atoms with Crippen LogP contribution in [-0.4, -0.2) is 33.5 Å². The summed E-state index contributed by atoms with van der Waals surface area (Å²) in [5.41, 5.74) is -0.637. The Balaban J connectivity index is 2.01. The third-order valence-corrected chi connectivity index (χ3v) is 6.03. The Kier molecular flexibility index (Phi) is 6.19. The first kappa shape index (κ1) is 19.9. The number of carboxylic acid groups (broad SMARTS) is 1. The van der Waals surface area contributed by atoms with Crippen molar-refractivity contribution in [2.45, 2.75) is 18.9 Å². The summed E-state index contributed by atoms with van der Waals surface area (Å²) in [6.07, 6.45) is 0.598. The van der Waals surface area contributed by atoms with Crippen molar-refractivity contribution in [2.24, 2.45) is 5.92 Å². The molecule has 0 spiro atoms. The number of thioether (sulfide) groups is 1. The summed E-state index contributed by atoms with van der Waals surface area (Å²) in [4.78, 5) is 24.4. The van der Waals surface area contributed by atoms with Crippen LogP contribution in [0, 0.1) is 11.7 Å². The molecule has 0 radical (unpaired) electrons. The fourth-order valence-corrected chi connectivity index (χ4v) is 4.52. The van der Waals surface area contributed by atoms with E-state index < -0.39 is 34.8 Å². The van der Waals surface area contributed by atoms with Crippen molar-refractivity contribution in [1.82, 2.24) is 0 Å². The van der Waals surface area contributed by atoms with E-state index in [-0.39, 0.29) is 17.0 Å². The number of aromatic carboxylic acids is 1. The monoisotopic (exact) mass is 408 g/mol. The first-order valence-electron chi connectivity index (χ1n) is 8.51. The number of halogens is 2. The highest BCUT2D eigenvalue weighted by atomic mass is 35.5. The van der Waals surface area contributed by atoms with E-state index in [2.05, 4.69) is 0 Å². The van der Waals surface area contributed by atoms with E-state index in [1.807, 2.05) is 0 Å². The number of hydrogen-bond acceptors (Lipinski definition) is 4. The van der Waals surface area contributed by atoms with E-state index in [1.165, 1.54) is 30.3 Å². The molecule has 0 aliphatic carbocycles. The van der Waals surface area contributed by atoms with E-state index in [0.29, 0.717) is 5.02 Å². The van der Waals surface area contributed by atoms with Crippen LogP contribution in [0.2, 0.25) is 5.02 Å². The first-order chi connectivity index (χ1) is 12.9. The molecule has 7 heteroatoms. The number of rotatable bonds is 5. The van der Waals surface area contributed by atoms with Gasteiger partial charge in [-0.15, -0.1) is 0 Å². The molecule has 27 heavy (non-hydrogen) atoms. The molecule has 1 saturated heterocycles. The van der Waals surface area contributed by atoms with Crippen molar-refractivity contribution in [3.8, 4) is 0 Å². The second-order valence-electron chi connectivity index (χ2n) is 6.46. The average Bonchev–Trinajstić information content (AvgIpc) is 2.67. The van der Waals surface area contributed by atoms with Crippen molar-refractivity contribution < 1.29 is 24.2 Å². The lowest BCUT2D eigenvalue weighted by atomic mass is 9.88. The Morgan fingerprint density at radius 2 is 1.78 bits per heavy atom. The molecular weight excluding hydrogens is 391 g/mol. The van der Waals surface area contributed by atoms with Gasteiger partial charge in [-0.25, -0.2) is 9.18 Å². The molecule has 2 aromatic rings. The molecule has 0 bridgehead atoms. The highest BCUT2D eigenvalue weighted by Crippen LogP contribution is 2.35. The van der Waals surface area contributed by atoms with Gasteiger partial charge in [-0.1, -0.05) is 11.6 Å². The van der Waals surface area contributed by atoms with Gasteiger partial charge < -0.3 is 10.2 Å². The third-order valence-electron chi connectivity index (χ3n) is 4.73. The van der Waals surface area contributed by atoms with Crippen molar-refractivity contribution in [1.29, 1.82) is 0 Å². The molecule has 3 rings (SSSR count). The van der Waals surface area contributed by atoms with Crippen LogP contribution < -0.4 is 0 Å². The van der Waals surface area contributed by atoms with Gasteiger partial charge in [0, 0.05) is 10.6 Å². The maximum absolute atomic E-state index is 14.8. The van der Waals surface area contributed by atoms with Gasteiger partial charge in [0.05, 0.1) is 17.2 Å². The number of aliphatic hydroxyl groups is 1. The smallest absolute Gasteiger partial charge is 0.336 e.